The lowest BCUT2D eigenvalue weighted by molar-refractivity contribution is -0.151. The number of esters is 1. The zero-order valence-electron chi connectivity index (χ0n) is 11.5. The first kappa shape index (κ1) is 16.8. The molecule has 5 nitrogen and oxygen atoms in total. The Morgan fingerprint density at radius 3 is 1.95 bits per heavy atom. The summed E-state index contributed by atoms with van der Waals surface area (Å²) < 4.78 is 59.5. The molecule has 0 aliphatic heterocycles. The van der Waals surface area contributed by atoms with Gasteiger partial charge in [0.2, 0.25) is 0 Å². The van der Waals surface area contributed by atoms with E-state index < -0.39 is 33.9 Å². The molecule has 1 aliphatic rings. The lowest BCUT2D eigenvalue weighted by Crippen LogP contribution is -2.35. The molecule has 0 saturated carbocycles. The molecule has 1 N–H and O–H groups in total. The van der Waals surface area contributed by atoms with Gasteiger partial charge < -0.3 is 4.74 Å². The van der Waals surface area contributed by atoms with E-state index >= 15 is 0 Å². The van der Waals surface area contributed by atoms with Crippen molar-refractivity contribution < 1.29 is 31.3 Å². The molecule has 0 amide bonds. The predicted octanol–water partition coefficient (Wildman–Crippen LogP) is 2.31. The lowest BCUT2D eigenvalue weighted by atomic mass is 9.97. The van der Waals surface area contributed by atoms with E-state index in [9.17, 15) is 22.0 Å². The second-order valence-corrected chi connectivity index (χ2v) is 6.32. The zero-order chi connectivity index (χ0) is 15.9. The maximum absolute atomic E-state index is 13.0. The summed E-state index contributed by atoms with van der Waals surface area (Å²) >= 11 is 0. The quantitative estimate of drug-likeness (QED) is 0.636. The second-order valence-electron chi connectivity index (χ2n) is 4.77. The summed E-state index contributed by atoms with van der Waals surface area (Å²) in [5.41, 5.74) is 3.12. The van der Waals surface area contributed by atoms with Gasteiger partial charge in [-0.25, -0.2) is 0 Å². The highest BCUT2D eigenvalue weighted by atomic mass is 32.2. The molecule has 1 aliphatic carbocycles. The van der Waals surface area contributed by atoms with E-state index in [1.807, 2.05) is 0 Å². The zero-order valence-corrected chi connectivity index (χ0v) is 12.3. The number of carbonyl (C=O) groups excluding carboxylic acids is 1. The van der Waals surface area contributed by atoms with Crippen LogP contribution in [0.3, 0.4) is 0 Å². The number of ether oxygens (including phenoxy) is 1. The van der Waals surface area contributed by atoms with Crippen molar-refractivity contribution in [3.8, 4) is 0 Å². The Morgan fingerprint density at radius 1 is 1.20 bits per heavy atom. The van der Waals surface area contributed by atoms with Crippen LogP contribution < -0.4 is 0 Å². The Labute approximate surface area is 116 Å². The first-order valence-electron chi connectivity index (χ1n) is 5.76. The van der Waals surface area contributed by atoms with E-state index in [2.05, 4.69) is 4.74 Å². The maximum Gasteiger partial charge on any atom is 0.402 e. The number of hydrogen-bond acceptors (Lipinski definition) is 4. The molecule has 0 radical (unpaired) electrons. The summed E-state index contributed by atoms with van der Waals surface area (Å²) in [6.07, 6.45) is 0. The molecule has 1 rings (SSSR count). The van der Waals surface area contributed by atoms with E-state index in [-0.39, 0.29) is 0 Å². The van der Waals surface area contributed by atoms with E-state index in [1.54, 1.807) is 27.7 Å². The van der Waals surface area contributed by atoms with Crippen LogP contribution in [0.5, 0.6) is 0 Å². The summed E-state index contributed by atoms with van der Waals surface area (Å²) in [6.45, 7) is 5.26. The lowest BCUT2D eigenvalue weighted by Gasteiger charge is -2.17. The van der Waals surface area contributed by atoms with Crippen molar-refractivity contribution in [3.63, 3.8) is 0 Å². The predicted molar refractivity (Wildman–Crippen MR) is 67.7 cm³/mol. The molecule has 0 aromatic rings. The van der Waals surface area contributed by atoms with Gasteiger partial charge in [0.15, 0.2) is 6.61 Å². The molecule has 8 heteroatoms. The van der Waals surface area contributed by atoms with Crippen LogP contribution in [-0.4, -0.2) is 30.8 Å². The average Bonchev–Trinajstić information content (AvgIpc) is 2.50. The summed E-state index contributed by atoms with van der Waals surface area (Å²) in [5.74, 6) is -1.74. The Morgan fingerprint density at radius 2 is 1.60 bits per heavy atom. The van der Waals surface area contributed by atoms with Crippen LogP contribution in [0.2, 0.25) is 0 Å². The molecule has 0 bridgehead atoms. The number of carbonyl (C=O) groups is 1. The standard InChI is InChI=1S/C12H16F2O5S/c1-6-7(2)9(4)10(8(6)3)11(15)19-5-12(13,14)20(16,17)18/h10H,5H2,1-4H3,(H,16,17,18). The molecule has 114 valence electrons. The van der Waals surface area contributed by atoms with Gasteiger partial charge in [-0.3, -0.25) is 9.35 Å². The van der Waals surface area contributed by atoms with Crippen molar-refractivity contribution in [2.45, 2.75) is 32.9 Å². The van der Waals surface area contributed by atoms with E-state index in [4.69, 9.17) is 4.55 Å². The highest BCUT2D eigenvalue weighted by Gasteiger charge is 2.46. The van der Waals surface area contributed by atoms with Crippen molar-refractivity contribution in [1.82, 2.24) is 0 Å². The Bertz CT molecular complexity index is 577. The maximum atomic E-state index is 13.0. The van der Waals surface area contributed by atoms with Gasteiger partial charge in [0.25, 0.3) is 0 Å². The minimum absolute atomic E-state index is 0.681. The third-order valence-electron chi connectivity index (χ3n) is 3.61. The Balaban J connectivity index is 2.86. The Kier molecular flexibility index (Phi) is 4.40. The fourth-order valence-corrected chi connectivity index (χ4v) is 2.22. The van der Waals surface area contributed by atoms with E-state index in [1.165, 1.54) is 0 Å². The van der Waals surface area contributed by atoms with Gasteiger partial charge in [0, 0.05) is 0 Å². The summed E-state index contributed by atoms with van der Waals surface area (Å²) in [5, 5.41) is -4.51. The molecule has 0 aromatic heterocycles. The summed E-state index contributed by atoms with van der Waals surface area (Å²) in [6, 6.07) is 0. The van der Waals surface area contributed by atoms with Crippen molar-refractivity contribution in [2.75, 3.05) is 6.61 Å². The van der Waals surface area contributed by atoms with Crippen molar-refractivity contribution in [2.24, 2.45) is 5.92 Å². The molecule has 0 saturated heterocycles. The van der Waals surface area contributed by atoms with Crippen molar-refractivity contribution in [3.05, 3.63) is 22.3 Å². The minimum atomic E-state index is -5.60. The van der Waals surface area contributed by atoms with Crippen molar-refractivity contribution in [1.29, 1.82) is 0 Å². The van der Waals surface area contributed by atoms with E-state index in [0.29, 0.717) is 11.1 Å². The summed E-state index contributed by atoms with van der Waals surface area (Å²) in [4.78, 5) is 11.8. The summed E-state index contributed by atoms with van der Waals surface area (Å²) in [7, 11) is -5.60. The molecule has 0 unspecified atom stereocenters. The number of hydrogen-bond donors (Lipinski definition) is 1. The highest BCUT2D eigenvalue weighted by Crippen LogP contribution is 2.37. The van der Waals surface area contributed by atoms with Crippen LogP contribution >= 0.6 is 0 Å². The molecule has 0 spiro atoms. The number of alkyl halides is 2. The molecular formula is C12H16F2O5S. The molecular weight excluding hydrogens is 294 g/mol. The molecule has 0 atom stereocenters. The fourth-order valence-electron chi connectivity index (χ4n) is 2.02. The van der Waals surface area contributed by atoms with Crippen LogP contribution in [0, 0.1) is 5.92 Å². The van der Waals surface area contributed by atoms with E-state index in [0.717, 1.165) is 11.1 Å². The van der Waals surface area contributed by atoms with Crippen LogP contribution in [0.15, 0.2) is 22.3 Å². The van der Waals surface area contributed by atoms with Gasteiger partial charge in [-0.1, -0.05) is 11.1 Å². The van der Waals surface area contributed by atoms with Gasteiger partial charge in [-0.2, -0.15) is 17.2 Å². The van der Waals surface area contributed by atoms with Gasteiger partial charge >= 0.3 is 21.3 Å². The normalized spacial score (nSPS) is 17.9. The monoisotopic (exact) mass is 310 g/mol. The van der Waals surface area contributed by atoms with Crippen LogP contribution in [0.4, 0.5) is 8.78 Å². The van der Waals surface area contributed by atoms with Gasteiger partial charge in [0.05, 0.1) is 5.92 Å². The highest BCUT2D eigenvalue weighted by molar-refractivity contribution is 7.86. The third kappa shape index (κ3) is 2.90. The minimum Gasteiger partial charge on any atom is -0.457 e. The SMILES string of the molecule is CC1=C(C)C(C(=O)OCC(F)(F)S(=O)(=O)O)C(C)=C1C. The average molecular weight is 310 g/mol. The van der Waals surface area contributed by atoms with Gasteiger partial charge in [0.1, 0.15) is 0 Å². The number of allylic oxidation sites excluding steroid dienone is 2. The van der Waals surface area contributed by atoms with Crippen LogP contribution in [0.1, 0.15) is 27.7 Å². The van der Waals surface area contributed by atoms with Gasteiger partial charge in [-0.05, 0) is 38.8 Å². The molecule has 0 fully saturated rings. The molecule has 0 aromatic carbocycles. The largest absolute Gasteiger partial charge is 0.457 e. The molecule has 0 heterocycles. The van der Waals surface area contributed by atoms with Crippen LogP contribution in [-0.2, 0) is 19.6 Å². The number of halogens is 2. The van der Waals surface area contributed by atoms with Crippen LogP contribution in [0.25, 0.3) is 0 Å². The third-order valence-corrected chi connectivity index (χ3v) is 4.48. The fraction of sp³-hybridized carbons (Fsp3) is 0.583. The first-order chi connectivity index (χ1) is 8.90. The van der Waals surface area contributed by atoms with Gasteiger partial charge in [-0.15, -0.1) is 0 Å². The number of rotatable bonds is 4. The smallest absolute Gasteiger partial charge is 0.402 e. The second kappa shape index (κ2) is 5.25. The molecule has 20 heavy (non-hydrogen) atoms. The first-order valence-corrected chi connectivity index (χ1v) is 7.20. The Hall–Kier alpha value is -1.28. The topological polar surface area (TPSA) is 80.7 Å². The van der Waals surface area contributed by atoms with Crippen molar-refractivity contribution >= 4 is 16.1 Å².